The largest absolute Gasteiger partial charge is 0.465 e. The third kappa shape index (κ3) is 5.40. The summed E-state index contributed by atoms with van der Waals surface area (Å²) in [7, 11) is 0. The van der Waals surface area contributed by atoms with Crippen LogP contribution >= 0.6 is 0 Å². The molecule has 0 aliphatic carbocycles. The number of carbonyl (C=O) groups is 1. The summed E-state index contributed by atoms with van der Waals surface area (Å²) in [6, 6.07) is 11.4. The highest BCUT2D eigenvalue weighted by molar-refractivity contribution is 5.82. The Balaban J connectivity index is 1.58. The zero-order chi connectivity index (χ0) is 21.1. The quantitative estimate of drug-likeness (QED) is 0.356. The molecule has 0 radical (unpaired) electrons. The number of nitrogens with zero attached hydrogens (tertiary/aromatic N) is 4. The monoisotopic (exact) mass is 394 g/mol. The van der Waals surface area contributed by atoms with Crippen molar-refractivity contribution in [1.82, 2.24) is 20.1 Å². The van der Waals surface area contributed by atoms with E-state index in [0.717, 1.165) is 11.3 Å². The standard InChI is InChI=1S/C22H26N4O3/c1-21(2,3)15-22(4,5)16-8-10-17(11-9-16)28-14-12-19(27)29-26-20-18(24-25-26)7-6-13-23-20/h6-14H,15H2,1-5H3/b14-12+. The van der Waals surface area contributed by atoms with E-state index in [1.165, 1.54) is 17.9 Å². The average molecular weight is 394 g/mol. The van der Waals surface area contributed by atoms with Gasteiger partial charge >= 0.3 is 5.97 Å². The molecule has 0 saturated carbocycles. The molecule has 0 amide bonds. The number of hydrogen-bond donors (Lipinski definition) is 0. The fourth-order valence-corrected chi connectivity index (χ4v) is 3.50. The van der Waals surface area contributed by atoms with E-state index in [0.29, 0.717) is 16.9 Å². The van der Waals surface area contributed by atoms with Crippen molar-refractivity contribution in [2.75, 3.05) is 0 Å². The highest BCUT2D eigenvalue weighted by Crippen LogP contribution is 2.36. The second kappa shape index (κ2) is 8.03. The molecule has 0 unspecified atom stereocenters. The van der Waals surface area contributed by atoms with Crippen LogP contribution < -0.4 is 9.57 Å². The van der Waals surface area contributed by atoms with Gasteiger partial charge in [0.05, 0.1) is 12.3 Å². The van der Waals surface area contributed by atoms with Crippen molar-refractivity contribution in [2.45, 2.75) is 46.5 Å². The van der Waals surface area contributed by atoms with Crippen LogP contribution in [0.3, 0.4) is 0 Å². The molecule has 0 spiro atoms. The van der Waals surface area contributed by atoms with Crippen molar-refractivity contribution < 1.29 is 14.4 Å². The van der Waals surface area contributed by atoms with Crippen LogP contribution in [0.25, 0.3) is 11.2 Å². The molecule has 0 saturated heterocycles. The second-order valence-corrected chi connectivity index (χ2v) is 8.79. The van der Waals surface area contributed by atoms with E-state index in [1.807, 2.05) is 12.1 Å². The maximum atomic E-state index is 12.0. The number of ether oxygens (including phenoxy) is 1. The summed E-state index contributed by atoms with van der Waals surface area (Å²) >= 11 is 0. The third-order valence-corrected chi connectivity index (χ3v) is 4.37. The van der Waals surface area contributed by atoms with Gasteiger partial charge in [-0.05, 0) is 57.1 Å². The van der Waals surface area contributed by atoms with E-state index < -0.39 is 5.97 Å². The van der Waals surface area contributed by atoms with Crippen molar-refractivity contribution in [3.63, 3.8) is 0 Å². The van der Waals surface area contributed by atoms with Crippen LogP contribution in [-0.4, -0.2) is 26.1 Å². The van der Waals surface area contributed by atoms with Gasteiger partial charge in [-0.3, -0.25) is 0 Å². The Labute approximate surface area is 170 Å². The number of hydrogen-bond acceptors (Lipinski definition) is 6. The minimum Gasteiger partial charge on any atom is -0.465 e. The number of pyridine rings is 1. The molecule has 7 nitrogen and oxygen atoms in total. The second-order valence-electron chi connectivity index (χ2n) is 8.79. The first kappa shape index (κ1) is 20.5. The van der Waals surface area contributed by atoms with Crippen molar-refractivity contribution >= 4 is 17.1 Å². The van der Waals surface area contributed by atoms with Crippen LogP contribution in [0, 0.1) is 5.41 Å². The van der Waals surface area contributed by atoms with E-state index >= 15 is 0 Å². The number of benzene rings is 1. The van der Waals surface area contributed by atoms with Crippen molar-refractivity contribution in [2.24, 2.45) is 5.41 Å². The Hall–Kier alpha value is -3.22. The van der Waals surface area contributed by atoms with Crippen LogP contribution in [-0.2, 0) is 10.2 Å². The third-order valence-electron chi connectivity index (χ3n) is 4.37. The molecule has 0 aliphatic heterocycles. The maximum Gasteiger partial charge on any atom is 0.361 e. The Morgan fingerprint density at radius 1 is 1.10 bits per heavy atom. The first-order valence-corrected chi connectivity index (χ1v) is 9.47. The Kier molecular flexibility index (Phi) is 5.68. The first-order chi connectivity index (χ1) is 13.6. The van der Waals surface area contributed by atoms with Gasteiger partial charge < -0.3 is 9.57 Å². The molecule has 152 valence electrons. The van der Waals surface area contributed by atoms with Crippen LogP contribution in [0.4, 0.5) is 0 Å². The van der Waals surface area contributed by atoms with E-state index in [-0.39, 0.29) is 10.8 Å². The molecule has 2 heterocycles. The lowest BCUT2D eigenvalue weighted by Gasteiger charge is -2.33. The lowest BCUT2D eigenvalue weighted by molar-refractivity contribution is -0.139. The number of carbonyl (C=O) groups excluding carboxylic acids is 1. The summed E-state index contributed by atoms with van der Waals surface area (Å²) in [5, 5.41) is 7.61. The number of aromatic nitrogens is 4. The molecule has 29 heavy (non-hydrogen) atoms. The van der Waals surface area contributed by atoms with Gasteiger partial charge in [-0.1, -0.05) is 46.8 Å². The summed E-state index contributed by atoms with van der Waals surface area (Å²) in [5.41, 5.74) is 2.45. The fraction of sp³-hybridized carbons (Fsp3) is 0.364. The number of fused-ring (bicyclic) bond motifs is 1. The Morgan fingerprint density at radius 3 is 2.52 bits per heavy atom. The van der Waals surface area contributed by atoms with Crippen LogP contribution in [0.2, 0.25) is 0 Å². The lowest BCUT2D eigenvalue weighted by Crippen LogP contribution is -2.24. The van der Waals surface area contributed by atoms with Gasteiger partial charge in [0.1, 0.15) is 11.3 Å². The van der Waals surface area contributed by atoms with Gasteiger partial charge in [0.2, 0.25) is 5.65 Å². The summed E-state index contributed by atoms with van der Waals surface area (Å²) < 4.78 is 5.51. The van der Waals surface area contributed by atoms with Gasteiger partial charge in [0, 0.05) is 6.20 Å². The molecule has 0 atom stereocenters. The average Bonchev–Trinajstić information content (AvgIpc) is 3.03. The molecule has 0 bridgehead atoms. The van der Waals surface area contributed by atoms with Crippen LogP contribution in [0.5, 0.6) is 5.75 Å². The highest BCUT2D eigenvalue weighted by Gasteiger charge is 2.27. The topological polar surface area (TPSA) is 79.1 Å². The maximum absolute atomic E-state index is 12.0. The summed E-state index contributed by atoms with van der Waals surface area (Å²) in [4.78, 5) is 22.1. The fourth-order valence-electron chi connectivity index (χ4n) is 3.50. The van der Waals surface area contributed by atoms with Gasteiger partial charge in [-0.15, -0.1) is 5.10 Å². The van der Waals surface area contributed by atoms with Gasteiger partial charge in [0.15, 0.2) is 0 Å². The number of rotatable bonds is 6. The van der Waals surface area contributed by atoms with Crippen molar-refractivity contribution in [1.29, 1.82) is 0 Å². The molecule has 1 aromatic carbocycles. The van der Waals surface area contributed by atoms with Gasteiger partial charge in [-0.2, -0.15) is 0 Å². The predicted octanol–water partition coefficient (Wildman–Crippen LogP) is 4.09. The molecule has 3 rings (SSSR count). The van der Waals surface area contributed by atoms with Crippen LogP contribution in [0.1, 0.15) is 46.6 Å². The zero-order valence-corrected chi connectivity index (χ0v) is 17.4. The molecular formula is C22H26N4O3. The van der Waals surface area contributed by atoms with E-state index in [9.17, 15) is 4.79 Å². The SMILES string of the molecule is CC(C)(C)CC(C)(C)c1ccc(O/C=C/C(=O)On2nnc3cccnc32)cc1. The molecule has 0 fully saturated rings. The molecule has 0 N–H and O–H groups in total. The van der Waals surface area contributed by atoms with Gasteiger partial charge in [-0.25, -0.2) is 9.78 Å². The molecule has 2 aromatic heterocycles. The Bertz CT molecular complexity index is 1010. The molecule has 7 heteroatoms. The molecular weight excluding hydrogens is 368 g/mol. The molecule has 3 aromatic rings. The van der Waals surface area contributed by atoms with E-state index in [1.54, 1.807) is 18.3 Å². The summed E-state index contributed by atoms with van der Waals surface area (Å²) in [6.45, 7) is 11.2. The Morgan fingerprint density at radius 2 is 1.83 bits per heavy atom. The van der Waals surface area contributed by atoms with Crippen molar-refractivity contribution in [3.05, 3.63) is 60.5 Å². The lowest BCUT2D eigenvalue weighted by atomic mass is 9.72. The van der Waals surface area contributed by atoms with E-state index in [4.69, 9.17) is 9.57 Å². The van der Waals surface area contributed by atoms with Crippen LogP contribution in [0.15, 0.2) is 54.9 Å². The zero-order valence-electron chi connectivity index (χ0n) is 17.4. The first-order valence-electron chi connectivity index (χ1n) is 9.47. The highest BCUT2D eigenvalue weighted by atomic mass is 16.7. The minimum absolute atomic E-state index is 0.0605. The summed E-state index contributed by atoms with van der Waals surface area (Å²) in [5.74, 6) is -0.0115. The molecule has 0 aliphatic rings. The van der Waals surface area contributed by atoms with E-state index in [2.05, 4.69) is 62.0 Å². The minimum atomic E-state index is -0.648. The van der Waals surface area contributed by atoms with Crippen molar-refractivity contribution in [3.8, 4) is 5.75 Å². The normalized spacial score (nSPS) is 12.4. The summed E-state index contributed by atoms with van der Waals surface area (Å²) in [6.07, 6.45) is 5.09. The van der Waals surface area contributed by atoms with Gasteiger partial charge in [0.25, 0.3) is 0 Å². The smallest absolute Gasteiger partial charge is 0.361 e. The predicted molar refractivity (Wildman–Crippen MR) is 110 cm³/mol.